The van der Waals surface area contributed by atoms with Crippen LogP contribution in [0.1, 0.15) is 5.76 Å². The average Bonchev–Trinajstić information content (AvgIpc) is 3.09. The van der Waals surface area contributed by atoms with Gasteiger partial charge < -0.3 is 9.15 Å². The lowest BCUT2D eigenvalue weighted by Gasteiger charge is -2.02. The van der Waals surface area contributed by atoms with Gasteiger partial charge in [0.2, 0.25) is 5.76 Å². The van der Waals surface area contributed by atoms with E-state index in [4.69, 9.17) is 4.42 Å². The lowest BCUT2D eigenvalue weighted by Crippen LogP contribution is -2.16. The Morgan fingerprint density at radius 3 is 2.26 bits per heavy atom. The van der Waals surface area contributed by atoms with Crippen LogP contribution in [-0.2, 0) is 4.74 Å². The molecule has 0 aliphatic rings. The summed E-state index contributed by atoms with van der Waals surface area (Å²) in [6.45, 7) is 0. The number of benzene rings is 2. The van der Waals surface area contributed by atoms with Gasteiger partial charge in [-0.05, 0) is 5.56 Å². The van der Waals surface area contributed by atoms with E-state index in [1.807, 2.05) is 24.3 Å². The molecule has 0 aliphatic carbocycles. The monoisotopic (exact) mass is 365 g/mol. The number of hydrazone groups is 1. The van der Waals surface area contributed by atoms with Crippen LogP contribution in [0.2, 0.25) is 0 Å². The van der Waals surface area contributed by atoms with Crippen LogP contribution < -0.4 is 5.43 Å². The number of amides is 1. The second-order valence-electron chi connectivity index (χ2n) is 5.37. The SMILES string of the molecule is COC(=O)N/N=C\c1oc(-c2ccccc2)c(-c2ccccc2)c1[N+](=O)[O-]. The Morgan fingerprint density at radius 2 is 1.70 bits per heavy atom. The number of hydrogen-bond donors (Lipinski definition) is 1. The zero-order chi connectivity index (χ0) is 19.2. The Hall–Kier alpha value is -3.94. The summed E-state index contributed by atoms with van der Waals surface area (Å²) in [7, 11) is 1.18. The first-order chi connectivity index (χ1) is 13.1. The Morgan fingerprint density at radius 1 is 1.11 bits per heavy atom. The molecule has 0 saturated carbocycles. The van der Waals surface area contributed by atoms with Crippen LogP contribution in [-0.4, -0.2) is 24.3 Å². The highest BCUT2D eigenvalue weighted by molar-refractivity contribution is 5.95. The predicted molar refractivity (Wildman–Crippen MR) is 99.4 cm³/mol. The molecule has 0 spiro atoms. The molecule has 1 heterocycles. The molecular weight excluding hydrogens is 350 g/mol. The van der Waals surface area contributed by atoms with E-state index in [0.717, 1.165) is 6.21 Å². The molecule has 0 radical (unpaired) electrons. The van der Waals surface area contributed by atoms with Crippen molar-refractivity contribution in [3.63, 3.8) is 0 Å². The van der Waals surface area contributed by atoms with E-state index in [-0.39, 0.29) is 11.4 Å². The van der Waals surface area contributed by atoms with Crippen molar-refractivity contribution in [3.05, 3.63) is 76.5 Å². The minimum absolute atomic E-state index is 0.0888. The Labute approximate surface area is 154 Å². The van der Waals surface area contributed by atoms with Gasteiger partial charge in [-0.2, -0.15) is 5.10 Å². The summed E-state index contributed by atoms with van der Waals surface area (Å²) in [5, 5.41) is 15.4. The maximum atomic E-state index is 11.8. The molecule has 8 nitrogen and oxygen atoms in total. The van der Waals surface area contributed by atoms with E-state index in [1.165, 1.54) is 7.11 Å². The number of hydrogen-bond acceptors (Lipinski definition) is 6. The summed E-state index contributed by atoms with van der Waals surface area (Å²) in [5.74, 6) is 0.252. The summed E-state index contributed by atoms with van der Waals surface area (Å²) < 4.78 is 10.2. The summed E-state index contributed by atoms with van der Waals surface area (Å²) in [4.78, 5) is 22.4. The van der Waals surface area contributed by atoms with Gasteiger partial charge in [0.1, 0.15) is 11.3 Å². The molecule has 1 aromatic heterocycles. The van der Waals surface area contributed by atoms with Gasteiger partial charge in [0.05, 0.1) is 18.2 Å². The van der Waals surface area contributed by atoms with Gasteiger partial charge >= 0.3 is 11.8 Å². The fourth-order valence-corrected chi connectivity index (χ4v) is 2.56. The minimum atomic E-state index is -0.799. The van der Waals surface area contributed by atoms with Gasteiger partial charge in [0.15, 0.2) is 0 Å². The van der Waals surface area contributed by atoms with Crippen molar-refractivity contribution in [1.82, 2.24) is 5.43 Å². The van der Waals surface area contributed by atoms with E-state index < -0.39 is 11.0 Å². The molecule has 1 N–H and O–H groups in total. The molecular formula is C19H15N3O5. The Bertz CT molecular complexity index is 981. The number of furan rings is 1. The van der Waals surface area contributed by atoms with Crippen LogP contribution >= 0.6 is 0 Å². The van der Waals surface area contributed by atoms with E-state index in [9.17, 15) is 14.9 Å². The molecule has 0 saturated heterocycles. The van der Waals surface area contributed by atoms with Crippen LogP contribution in [0.3, 0.4) is 0 Å². The molecule has 27 heavy (non-hydrogen) atoms. The first-order valence-electron chi connectivity index (χ1n) is 7.91. The topological polar surface area (TPSA) is 107 Å². The number of ether oxygens (including phenoxy) is 1. The summed E-state index contributed by atoms with van der Waals surface area (Å²) in [5.41, 5.74) is 3.49. The van der Waals surface area contributed by atoms with Gasteiger partial charge in [-0.25, -0.2) is 10.2 Å². The van der Waals surface area contributed by atoms with Crippen molar-refractivity contribution in [1.29, 1.82) is 0 Å². The molecule has 8 heteroatoms. The van der Waals surface area contributed by atoms with Crippen molar-refractivity contribution >= 4 is 18.0 Å². The second-order valence-corrected chi connectivity index (χ2v) is 5.37. The number of carbonyl (C=O) groups excluding carboxylic acids is 1. The zero-order valence-corrected chi connectivity index (χ0v) is 14.3. The van der Waals surface area contributed by atoms with Gasteiger partial charge in [0, 0.05) is 5.56 Å². The molecule has 0 aliphatic heterocycles. The molecule has 1 amide bonds. The molecule has 3 rings (SSSR count). The number of nitrogens with one attached hydrogen (secondary N) is 1. The van der Waals surface area contributed by atoms with Crippen molar-refractivity contribution in [2.45, 2.75) is 0 Å². The molecule has 0 atom stereocenters. The fourth-order valence-electron chi connectivity index (χ4n) is 2.56. The highest BCUT2D eigenvalue weighted by Gasteiger charge is 2.30. The molecule has 2 aromatic carbocycles. The van der Waals surface area contributed by atoms with Crippen LogP contribution in [0.15, 0.2) is 70.2 Å². The van der Waals surface area contributed by atoms with Gasteiger partial charge in [0.25, 0.3) is 0 Å². The largest absolute Gasteiger partial charge is 0.452 e. The van der Waals surface area contributed by atoms with Crippen LogP contribution in [0.4, 0.5) is 10.5 Å². The smallest absolute Gasteiger partial charge is 0.427 e. The minimum Gasteiger partial charge on any atom is -0.452 e. The summed E-state index contributed by atoms with van der Waals surface area (Å²) >= 11 is 0. The van der Waals surface area contributed by atoms with Gasteiger partial charge in [-0.1, -0.05) is 60.7 Å². The normalized spacial score (nSPS) is 10.7. The first-order valence-corrected chi connectivity index (χ1v) is 7.91. The molecule has 0 unspecified atom stereocenters. The van der Waals surface area contributed by atoms with Crippen molar-refractivity contribution < 1.29 is 18.9 Å². The number of nitrogens with zero attached hydrogens (tertiary/aromatic N) is 2. The van der Waals surface area contributed by atoms with Gasteiger partial charge in [-0.15, -0.1) is 0 Å². The fraction of sp³-hybridized carbons (Fsp3) is 0.0526. The summed E-state index contributed by atoms with van der Waals surface area (Å²) in [6.07, 6.45) is 0.278. The maximum Gasteiger partial charge on any atom is 0.427 e. The van der Waals surface area contributed by atoms with Crippen molar-refractivity contribution in [3.8, 4) is 22.5 Å². The number of rotatable bonds is 5. The van der Waals surface area contributed by atoms with Crippen LogP contribution in [0.5, 0.6) is 0 Å². The maximum absolute atomic E-state index is 11.8. The van der Waals surface area contributed by atoms with Crippen molar-refractivity contribution in [2.75, 3.05) is 7.11 Å². The summed E-state index contributed by atoms with van der Waals surface area (Å²) in [6, 6.07) is 18.0. The van der Waals surface area contributed by atoms with E-state index >= 15 is 0 Å². The average molecular weight is 365 g/mol. The Balaban J connectivity index is 2.19. The predicted octanol–water partition coefficient (Wildman–Crippen LogP) is 4.21. The highest BCUT2D eigenvalue weighted by Crippen LogP contribution is 2.43. The van der Waals surface area contributed by atoms with E-state index in [0.29, 0.717) is 22.5 Å². The number of methoxy groups -OCH3 is 1. The lowest BCUT2D eigenvalue weighted by molar-refractivity contribution is -0.384. The van der Waals surface area contributed by atoms with Crippen molar-refractivity contribution in [2.24, 2.45) is 5.10 Å². The van der Waals surface area contributed by atoms with E-state index in [1.54, 1.807) is 36.4 Å². The van der Waals surface area contributed by atoms with Crippen LogP contribution in [0.25, 0.3) is 22.5 Å². The second kappa shape index (κ2) is 7.96. The molecule has 3 aromatic rings. The molecule has 0 bridgehead atoms. The zero-order valence-electron chi connectivity index (χ0n) is 14.3. The third-order valence-electron chi connectivity index (χ3n) is 3.71. The Kier molecular flexibility index (Phi) is 5.27. The standard InChI is InChI=1S/C19H15N3O5/c1-26-19(23)21-20-12-15-17(22(24)25)16(13-8-4-2-5-9-13)18(27-15)14-10-6-3-7-11-14/h2-12H,1H3,(H,21,23)/b20-12-. The third-order valence-corrected chi connectivity index (χ3v) is 3.71. The van der Waals surface area contributed by atoms with Gasteiger partial charge in [-0.3, -0.25) is 10.1 Å². The van der Waals surface area contributed by atoms with Crippen LogP contribution in [0, 0.1) is 10.1 Å². The number of nitro groups is 1. The van der Waals surface area contributed by atoms with E-state index in [2.05, 4.69) is 15.3 Å². The first kappa shape index (κ1) is 17.9. The molecule has 0 fully saturated rings. The quantitative estimate of drug-likeness (QED) is 0.414. The molecule has 136 valence electrons. The number of carbonyl (C=O) groups is 1. The lowest BCUT2D eigenvalue weighted by atomic mass is 10.0. The highest BCUT2D eigenvalue weighted by atomic mass is 16.6. The third kappa shape index (κ3) is 3.84.